The minimum atomic E-state index is -4.34. The largest absolute Gasteiger partial charge is 0.416 e. The van der Waals surface area contributed by atoms with Crippen LogP contribution in [0.5, 0.6) is 0 Å². The zero-order valence-electron chi connectivity index (χ0n) is 15.0. The van der Waals surface area contributed by atoms with Crippen molar-refractivity contribution in [1.82, 2.24) is 9.78 Å². The van der Waals surface area contributed by atoms with Crippen LogP contribution in [0.2, 0.25) is 0 Å². The van der Waals surface area contributed by atoms with Crippen LogP contribution in [0.25, 0.3) is 16.9 Å². The predicted octanol–water partition coefficient (Wildman–Crippen LogP) is 5.61. The maximum Gasteiger partial charge on any atom is 0.416 e. The molecule has 2 heterocycles. The summed E-state index contributed by atoms with van der Waals surface area (Å²) in [6.07, 6.45) is -1.34. The van der Waals surface area contributed by atoms with Crippen LogP contribution in [-0.2, 0) is 12.6 Å². The molecule has 4 rings (SSSR count). The van der Waals surface area contributed by atoms with E-state index in [0.717, 1.165) is 66.1 Å². The van der Waals surface area contributed by atoms with E-state index in [1.54, 1.807) is 4.68 Å². The first-order valence-corrected chi connectivity index (χ1v) is 9.04. The highest BCUT2D eigenvalue weighted by atomic mass is 19.4. The van der Waals surface area contributed by atoms with Crippen molar-refractivity contribution in [2.24, 2.45) is 0 Å². The van der Waals surface area contributed by atoms with Gasteiger partial charge < -0.3 is 5.32 Å². The second-order valence-corrected chi connectivity index (χ2v) is 6.89. The number of aryl methyl sites for hydroxylation is 1. The summed E-state index contributed by atoms with van der Waals surface area (Å²) in [5.41, 5.74) is 4.15. The molecule has 6 heteroatoms. The van der Waals surface area contributed by atoms with Crippen LogP contribution < -0.4 is 5.32 Å². The van der Waals surface area contributed by atoms with E-state index in [1.165, 1.54) is 12.1 Å². The summed E-state index contributed by atoms with van der Waals surface area (Å²) >= 11 is 0. The standard InChI is InChI=1S/C21H20F3N3/c1-14-5-4-6-15(13-14)19-18-7-2-3-12-25-20(18)27(26-19)17-10-8-16(9-11-17)21(22,23)24/h4-6,8-11,13,25H,2-3,7,12H2,1H3. The van der Waals surface area contributed by atoms with Gasteiger partial charge in [0.25, 0.3) is 0 Å². The van der Waals surface area contributed by atoms with E-state index < -0.39 is 11.7 Å². The number of benzene rings is 2. The van der Waals surface area contributed by atoms with Gasteiger partial charge in [-0.25, -0.2) is 4.68 Å². The highest BCUT2D eigenvalue weighted by Gasteiger charge is 2.30. The minimum absolute atomic E-state index is 0.618. The van der Waals surface area contributed by atoms with Crippen LogP contribution in [0.3, 0.4) is 0 Å². The third-order valence-electron chi connectivity index (χ3n) is 4.86. The number of aromatic nitrogens is 2. The lowest BCUT2D eigenvalue weighted by molar-refractivity contribution is -0.137. The van der Waals surface area contributed by atoms with Crippen molar-refractivity contribution in [2.45, 2.75) is 32.4 Å². The molecule has 3 nitrogen and oxygen atoms in total. The van der Waals surface area contributed by atoms with Crippen molar-refractivity contribution < 1.29 is 13.2 Å². The highest BCUT2D eigenvalue weighted by Crippen LogP contribution is 2.35. The molecule has 0 saturated carbocycles. The Bertz CT molecular complexity index is 956. The Balaban J connectivity index is 1.84. The Labute approximate surface area is 155 Å². The fraction of sp³-hybridized carbons (Fsp3) is 0.286. The van der Waals surface area contributed by atoms with Gasteiger partial charge in [0, 0.05) is 17.7 Å². The zero-order valence-corrected chi connectivity index (χ0v) is 15.0. The van der Waals surface area contributed by atoms with Crippen molar-refractivity contribution in [3.05, 3.63) is 65.2 Å². The van der Waals surface area contributed by atoms with Crippen molar-refractivity contribution in [1.29, 1.82) is 0 Å². The van der Waals surface area contributed by atoms with Crippen LogP contribution in [-0.4, -0.2) is 16.3 Å². The van der Waals surface area contributed by atoms with Gasteiger partial charge in [-0.1, -0.05) is 23.8 Å². The summed E-state index contributed by atoms with van der Waals surface area (Å²) in [5, 5.41) is 8.20. The molecule has 27 heavy (non-hydrogen) atoms. The topological polar surface area (TPSA) is 29.9 Å². The summed E-state index contributed by atoms with van der Waals surface area (Å²) in [6, 6.07) is 13.3. The summed E-state index contributed by atoms with van der Waals surface area (Å²) in [6.45, 7) is 2.86. The molecule has 0 fully saturated rings. The van der Waals surface area contributed by atoms with Gasteiger partial charge in [0.1, 0.15) is 5.82 Å². The Morgan fingerprint density at radius 3 is 2.52 bits per heavy atom. The van der Waals surface area contributed by atoms with E-state index in [2.05, 4.69) is 11.4 Å². The Morgan fingerprint density at radius 2 is 1.81 bits per heavy atom. The first-order chi connectivity index (χ1) is 12.9. The van der Waals surface area contributed by atoms with E-state index in [4.69, 9.17) is 5.10 Å². The summed E-state index contributed by atoms with van der Waals surface area (Å²) in [4.78, 5) is 0. The number of nitrogens with zero attached hydrogens (tertiary/aromatic N) is 2. The molecule has 0 atom stereocenters. The monoisotopic (exact) mass is 371 g/mol. The molecule has 3 aromatic rings. The van der Waals surface area contributed by atoms with Gasteiger partial charge in [-0.2, -0.15) is 18.3 Å². The molecule has 0 aliphatic carbocycles. The molecule has 0 saturated heterocycles. The quantitative estimate of drug-likeness (QED) is 0.634. The van der Waals surface area contributed by atoms with Gasteiger partial charge in [-0.3, -0.25) is 0 Å². The summed E-state index contributed by atoms with van der Waals surface area (Å²) in [7, 11) is 0. The minimum Gasteiger partial charge on any atom is -0.370 e. The van der Waals surface area contributed by atoms with Crippen molar-refractivity contribution in [2.75, 3.05) is 11.9 Å². The molecule has 2 aromatic carbocycles. The molecule has 0 radical (unpaired) electrons. The second kappa shape index (κ2) is 6.76. The molecule has 1 N–H and O–H groups in total. The molecule has 0 bridgehead atoms. The molecule has 0 amide bonds. The zero-order chi connectivity index (χ0) is 19.0. The molecular weight excluding hydrogens is 351 g/mol. The average molecular weight is 371 g/mol. The fourth-order valence-electron chi connectivity index (χ4n) is 3.51. The van der Waals surface area contributed by atoms with Crippen molar-refractivity contribution in [3.63, 3.8) is 0 Å². The van der Waals surface area contributed by atoms with E-state index in [0.29, 0.717) is 5.69 Å². The lowest BCUT2D eigenvalue weighted by atomic mass is 10.0. The lowest BCUT2D eigenvalue weighted by Crippen LogP contribution is -2.08. The lowest BCUT2D eigenvalue weighted by Gasteiger charge is -2.11. The molecule has 0 unspecified atom stereocenters. The SMILES string of the molecule is Cc1cccc(-c2nn(-c3ccc(C(F)(F)F)cc3)c3c2CCCCN3)c1. The fourth-order valence-corrected chi connectivity index (χ4v) is 3.51. The third-order valence-corrected chi connectivity index (χ3v) is 4.86. The van der Waals surface area contributed by atoms with Crippen LogP contribution in [0.15, 0.2) is 48.5 Å². The molecule has 1 aromatic heterocycles. The number of rotatable bonds is 2. The van der Waals surface area contributed by atoms with Crippen LogP contribution in [0.1, 0.15) is 29.5 Å². The number of hydrogen-bond donors (Lipinski definition) is 1. The maximum absolute atomic E-state index is 12.9. The average Bonchev–Trinajstić information content (AvgIpc) is 2.82. The third kappa shape index (κ3) is 3.44. The first-order valence-electron chi connectivity index (χ1n) is 9.04. The Hall–Kier alpha value is -2.76. The predicted molar refractivity (Wildman–Crippen MR) is 100 cm³/mol. The molecule has 1 aliphatic heterocycles. The molecule has 140 valence electrons. The number of fused-ring (bicyclic) bond motifs is 1. The van der Waals surface area contributed by atoms with E-state index in [1.807, 2.05) is 25.1 Å². The number of nitrogens with one attached hydrogen (secondary N) is 1. The Kier molecular flexibility index (Phi) is 4.42. The molecular formula is C21H20F3N3. The smallest absolute Gasteiger partial charge is 0.370 e. The van der Waals surface area contributed by atoms with Gasteiger partial charge in [0.2, 0.25) is 0 Å². The van der Waals surface area contributed by atoms with Gasteiger partial charge in [-0.05, 0) is 56.5 Å². The summed E-state index contributed by atoms with van der Waals surface area (Å²) in [5.74, 6) is 0.878. The van der Waals surface area contributed by atoms with E-state index >= 15 is 0 Å². The molecule has 0 spiro atoms. The maximum atomic E-state index is 12.9. The Morgan fingerprint density at radius 1 is 1.04 bits per heavy atom. The number of halogens is 3. The van der Waals surface area contributed by atoms with Gasteiger partial charge in [-0.15, -0.1) is 0 Å². The van der Waals surface area contributed by atoms with Crippen molar-refractivity contribution in [3.8, 4) is 16.9 Å². The second-order valence-electron chi connectivity index (χ2n) is 6.89. The van der Waals surface area contributed by atoms with Crippen molar-refractivity contribution >= 4 is 5.82 Å². The number of anilines is 1. The first kappa shape index (κ1) is 17.6. The number of alkyl halides is 3. The van der Waals surface area contributed by atoms with Crippen LogP contribution >= 0.6 is 0 Å². The number of hydrogen-bond acceptors (Lipinski definition) is 2. The summed E-state index contributed by atoms with van der Waals surface area (Å²) < 4.78 is 40.4. The highest BCUT2D eigenvalue weighted by molar-refractivity contribution is 5.71. The van der Waals surface area contributed by atoms with Gasteiger partial charge in [0.05, 0.1) is 16.9 Å². The van der Waals surface area contributed by atoms with E-state index in [-0.39, 0.29) is 0 Å². The van der Waals surface area contributed by atoms with E-state index in [9.17, 15) is 13.2 Å². The van der Waals surface area contributed by atoms with Crippen LogP contribution in [0.4, 0.5) is 19.0 Å². The van der Waals surface area contributed by atoms with Gasteiger partial charge in [0.15, 0.2) is 0 Å². The van der Waals surface area contributed by atoms with Gasteiger partial charge >= 0.3 is 6.18 Å². The normalized spacial score (nSPS) is 14.4. The van der Waals surface area contributed by atoms with Crippen LogP contribution in [0, 0.1) is 6.92 Å². The molecule has 1 aliphatic rings.